The second kappa shape index (κ2) is 10.9. The van der Waals surface area contributed by atoms with Gasteiger partial charge in [-0.05, 0) is 42.9 Å². The zero-order chi connectivity index (χ0) is 16.2. The zero-order valence-electron chi connectivity index (χ0n) is 13.0. The minimum Gasteiger partial charge on any atom is -0.466 e. The molecule has 22 heavy (non-hydrogen) atoms. The van der Waals surface area contributed by atoms with E-state index >= 15 is 0 Å². The lowest BCUT2D eigenvalue weighted by molar-refractivity contribution is -0.134. The van der Waals surface area contributed by atoms with E-state index in [-0.39, 0.29) is 17.7 Å². The summed E-state index contributed by atoms with van der Waals surface area (Å²) < 4.78 is 4.51. The Morgan fingerprint density at radius 1 is 1.23 bits per heavy atom. The maximum Gasteiger partial charge on any atom is 0.330 e. The maximum atomic E-state index is 12.0. The molecule has 0 heterocycles. The first kappa shape index (κ1) is 18.2. The lowest BCUT2D eigenvalue weighted by Gasteiger charge is -2.05. The van der Waals surface area contributed by atoms with Crippen molar-refractivity contribution in [3.05, 3.63) is 54.0 Å². The van der Waals surface area contributed by atoms with Crippen molar-refractivity contribution in [2.24, 2.45) is 5.92 Å². The van der Waals surface area contributed by atoms with Crippen molar-refractivity contribution in [3.63, 3.8) is 0 Å². The highest BCUT2D eigenvalue weighted by Gasteiger charge is 2.08. The fourth-order valence-corrected chi connectivity index (χ4v) is 2.45. The quantitative estimate of drug-likeness (QED) is 0.293. The Morgan fingerprint density at radius 3 is 2.64 bits per heavy atom. The smallest absolute Gasteiger partial charge is 0.330 e. The minimum absolute atomic E-state index is 0.000787. The van der Waals surface area contributed by atoms with Crippen molar-refractivity contribution in [2.45, 2.75) is 31.1 Å². The highest BCUT2D eigenvalue weighted by molar-refractivity contribution is 8.02. The number of hydrogen-bond donors (Lipinski definition) is 0. The summed E-state index contributed by atoms with van der Waals surface area (Å²) in [4.78, 5) is 24.0. The summed E-state index contributed by atoms with van der Waals surface area (Å²) >= 11 is 1.54. The molecular formula is C18H22O3S. The average Bonchev–Trinajstić information content (AvgIpc) is 2.54. The Labute approximate surface area is 136 Å². The van der Waals surface area contributed by atoms with Crippen molar-refractivity contribution in [3.8, 4) is 0 Å². The number of esters is 1. The van der Waals surface area contributed by atoms with Crippen LogP contribution in [0.2, 0.25) is 0 Å². The molecule has 0 aliphatic carbocycles. The summed E-state index contributed by atoms with van der Waals surface area (Å²) in [5, 5.41) is 1.84. The van der Waals surface area contributed by atoms with Crippen molar-refractivity contribution >= 4 is 23.5 Å². The van der Waals surface area contributed by atoms with Crippen LogP contribution in [-0.2, 0) is 14.3 Å². The van der Waals surface area contributed by atoms with Gasteiger partial charge in [-0.25, -0.2) is 4.79 Å². The maximum absolute atomic E-state index is 12.0. The number of carbonyl (C=O) groups excluding carboxylic acids is 2. The van der Waals surface area contributed by atoms with Gasteiger partial charge in [0.2, 0.25) is 0 Å². The standard InChI is InChI=1S/C18H22O3S/c1-15(9-5-3-8-12-18(20)21-2)17(19)13-14-22-16-10-6-4-7-11-16/h4,6-8,10-15H,3,5,9H2,1-2H3/b12-8-,14-13-. The van der Waals surface area contributed by atoms with E-state index in [1.807, 2.05) is 42.7 Å². The molecule has 0 radical (unpaired) electrons. The molecule has 1 aromatic rings. The van der Waals surface area contributed by atoms with Gasteiger partial charge in [0.15, 0.2) is 5.78 Å². The van der Waals surface area contributed by atoms with Crippen molar-refractivity contribution in [2.75, 3.05) is 7.11 Å². The highest BCUT2D eigenvalue weighted by Crippen LogP contribution is 2.19. The molecule has 1 aromatic carbocycles. The molecule has 1 rings (SSSR count). The summed E-state index contributed by atoms with van der Waals surface area (Å²) in [6, 6.07) is 9.94. The molecule has 0 bridgehead atoms. The number of allylic oxidation sites excluding steroid dienone is 2. The van der Waals surface area contributed by atoms with Gasteiger partial charge in [-0.15, -0.1) is 0 Å². The van der Waals surface area contributed by atoms with Crippen molar-refractivity contribution in [1.82, 2.24) is 0 Å². The van der Waals surface area contributed by atoms with Crippen molar-refractivity contribution < 1.29 is 14.3 Å². The number of ketones is 1. The zero-order valence-corrected chi connectivity index (χ0v) is 13.8. The molecule has 0 aliphatic rings. The lowest BCUT2D eigenvalue weighted by Crippen LogP contribution is -2.07. The second-order valence-corrected chi connectivity index (χ2v) is 5.87. The molecule has 0 saturated carbocycles. The molecule has 0 spiro atoms. The highest BCUT2D eigenvalue weighted by atomic mass is 32.2. The van der Waals surface area contributed by atoms with Crippen LogP contribution in [-0.4, -0.2) is 18.9 Å². The summed E-state index contributed by atoms with van der Waals surface area (Å²) in [5.41, 5.74) is 0. The summed E-state index contributed by atoms with van der Waals surface area (Å²) in [6.45, 7) is 1.93. The first-order valence-electron chi connectivity index (χ1n) is 7.30. The first-order chi connectivity index (χ1) is 10.6. The molecule has 118 valence electrons. The van der Waals surface area contributed by atoms with Crippen LogP contribution >= 0.6 is 11.8 Å². The molecule has 0 fully saturated rings. The van der Waals surface area contributed by atoms with Gasteiger partial charge >= 0.3 is 5.97 Å². The van der Waals surface area contributed by atoms with E-state index in [4.69, 9.17) is 0 Å². The molecule has 0 N–H and O–H groups in total. The Balaban J connectivity index is 2.24. The van der Waals surface area contributed by atoms with Crippen LogP contribution in [0.4, 0.5) is 0 Å². The Morgan fingerprint density at radius 2 is 1.95 bits per heavy atom. The Hall–Kier alpha value is -1.81. The number of carbonyl (C=O) groups is 2. The van der Waals surface area contributed by atoms with Gasteiger partial charge in [0.25, 0.3) is 0 Å². The van der Waals surface area contributed by atoms with E-state index in [1.54, 1.807) is 12.2 Å². The molecule has 0 aromatic heterocycles. The number of unbranched alkanes of at least 4 members (excludes halogenated alkanes) is 1. The van der Waals surface area contributed by atoms with Crippen LogP contribution in [0.5, 0.6) is 0 Å². The van der Waals surface area contributed by atoms with Gasteiger partial charge in [0.05, 0.1) is 7.11 Å². The van der Waals surface area contributed by atoms with E-state index in [9.17, 15) is 9.59 Å². The van der Waals surface area contributed by atoms with Gasteiger partial charge < -0.3 is 4.74 Å². The van der Waals surface area contributed by atoms with Crippen LogP contribution in [0.3, 0.4) is 0 Å². The molecule has 0 amide bonds. The Kier molecular flexibility index (Phi) is 9.00. The third-order valence-electron chi connectivity index (χ3n) is 3.13. The summed E-state index contributed by atoms with van der Waals surface area (Å²) in [6.07, 6.45) is 7.31. The summed E-state index contributed by atoms with van der Waals surface area (Å²) in [7, 11) is 1.35. The average molecular weight is 318 g/mol. The van der Waals surface area contributed by atoms with Gasteiger partial charge in [-0.3, -0.25) is 4.79 Å². The van der Waals surface area contributed by atoms with Crippen LogP contribution in [0.1, 0.15) is 26.2 Å². The Bertz CT molecular complexity index is 520. The predicted octanol–water partition coefficient (Wildman–Crippen LogP) is 4.40. The number of rotatable bonds is 9. The number of thioether (sulfide) groups is 1. The molecule has 1 unspecified atom stereocenters. The molecule has 1 atom stereocenters. The molecule has 0 aliphatic heterocycles. The fraction of sp³-hybridized carbons (Fsp3) is 0.333. The number of hydrogen-bond acceptors (Lipinski definition) is 4. The molecule has 3 nitrogen and oxygen atoms in total. The number of methoxy groups -OCH3 is 1. The normalized spacial score (nSPS) is 12.6. The third-order valence-corrected chi connectivity index (χ3v) is 3.94. The van der Waals surface area contributed by atoms with Gasteiger partial charge in [-0.1, -0.05) is 43.0 Å². The summed E-state index contributed by atoms with van der Waals surface area (Å²) in [5.74, 6) is -0.204. The van der Waals surface area contributed by atoms with Crippen LogP contribution in [0, 0.1) is 5.92 Å². The predicted molar refractivity (Wildman–Crippen MR) is 90.6 cm³/mol. The monoisotopic (exact) mass is 318 g/mol. The molecule has 0 saturated heterocycles. The van der Waals surface area contributed by atoms with Crippen LogP contribution in [0.15, 0.2) is 58.9 Å². The van der Waals surface area contributed by atoms with E-state index < -0.39 is 0 Å². The number of benzene rings is 1. The third kappa shape index (κ3) is 7.84. The molecule has 4 heteroatoms. The topological polar surface area (TPSA) is 43.4 Å². The van der Waals surface area contributed by atoms with Crippen LogP contribution < -0.4 is 0 Å². The van der Waals surface area contributed by atoms with Crippen molar-refractivity contribution in [1.29, 1.82) is 0 Å². The van der Waals surface area contributed by atoms with Crippen LogP contribution in [0.25, 0.3) is 0 Å². The largest absolute Gasteiger partial charge is 0.466 e. The van der Waals surface area contributed by atoms with Gasteiger partial charge in [0, 0.05) is 16.9 Å². The first-order valence-corrected chi connectivity index (χ1v) is 8.18. The van der Waals surface area contributed by atoms with Gasteiger partial charge in [-0.2, -0.15) is 0 Å². The van der Waals surface area contributed by atoms with E-state index in [2.05, 4.69) is 4.74 Å². The van der Waals surface area contributed by atoms with Gasteiger partial charge in [0.1, 0.15) is 0 Å². The minimum atomic E-state index is -0.343. The SMILES string of the molecule is COC(=O)/C=C\CCCC(C)C(=O)/C=C\Sc1ccccc1. The number of ether oxygens (including phenoxy) is 1. The van der Waals surface area contributed by atoms with E-state index in [0.29, 0.717) is 0 Å². The van der Waals surface area contributed by atoms with E-state index in [0.717, 1.165) is 24.2 Å². The molecular weight excluding hydrogens is 296 g/mol. The fourth-order valence-electron chi connectivity index (χ4n) is 1.77. The lowest BCUT2D eigenvalue weighted by atomic mass is 9.99. The van der Waals surface area contributed by atoms with E-state index in [1.165, 1.54) is 24.9 Å². The second-order valence-electron chi connectivity index (χ2n) is 4.89.